The molecule has 1 atom stereocenters. The Morgan fingerprint density at radius 3 is 2.75 bits per heavy atom. The van der Waals surface area contributed by atoms with E-state index in [1.807, 2.05) is 18.2 Å². The Labute approximate surface area is 175 Å². The summed E-state index contributed by atoms with van der Waals surface area (Å²) in [4.78, 5) is 0. The molecule has 1 aliphatic rings. The van der Waals surface area contributed by atoms with Crippen molar-refractivity contribution in [3.63, 3.8) is 0 Å². The van der Waals surface area contributed by atoms with Crippen molar-refractivity contribution >= 4 is 34.0 Å². The minimum Gasteiger partial charge on any atom is -0.489 e. The Balaban J connectivity index is 1.52. The molecule has 3 aromatic rings. The third-order valence-corrected chi connectivity index (χ3v) is 5.81. The van der Waals surface area contributed by atoms with Crippen LogP contribution in [0.3, 0.4) is 0 Å². The highest BCUT2D eigenvalue weighted by Gasteiger charge is 2.16. The Hall–Kier alpha value is -1.78. The highest BCUT2D eigenvalue weighted by molar-refractivity contribution is 6.42. The number of hydrogen-bond donors (Lipinski definition) is 1. The van der Waals surface area contributed by atoms with Crippen LogP contribution in [0.15, 0.2) is 54.6 Å². The van der Waals surface area contributed by atoms with Crippen LogP contribution in [0.5, 0.6) is 5.75 Å². The van der Waals surface area contributed by atoms with Crippen LogP contribution in [0.25, 0.3) is 10.8 Å². The molecule has 0 spiro atoms. The van der Waals surface area contributed by atoms with Gasteiger partial charge in [0.05, 0.1) is 16.1 Å². The van der Waals surface area contributed by atoms with Crippen LogP contribution in [-0.4, -0.2) is 19.3 Å². The molecule has 4 rings (SSSR count). The zero-order valence-corrected chi connectivity index (χ0v) is 17.1. The van der Waals surface area contributed by atoms with E-state index < -0.39 is 0 Å². The number of ether oxygens (including phenoxy) is 2. The summed E-state index contributed by atoms with van der Waals surface area (Å²) in [6.07, 6.45) is 2.59. The largest absolute Gasteiger partial charge is 0.489 e. The SMILES string of the molecule is Clc1ccc(COc2ccc3ccccc3c2CNC[C@H]2CCCO2)cc1Cl. The summed E-state index contributed by atoms with van der Waals surface area (Å²) in [5.41, 5.74) is 2.15. The zero-order valence-electron chi connectivity index (χ0n) is 15.6. The smallest absolute Gasteiger partial charge is 0.124 e. The molecule has 0 aromatic heterocycles. The van der Waals surface area contributed by atoms with E-state index in [-0.39, 0.29) is 0 Å². The van der Waals surface area contributed by atoms with Crippen LogP contribution in [0.1, 0.15) is 24.0 Å². The van der Waals surface area contributed by atoms with Gasteiger partial charge in [-0.2, -0.15) is 0 Å². The van der Waals surface area contributed by atoms with Crippen LogP contribution in [-0.2, 0) is 17.9 Å². The Morgan fingerprint density at radius 1 is 1.04 bits per heavy atom. The fourth-order valence-electron chi connectivity index (χ4n) is 3.59. The maximum Gasteiger partial charge on any atom is 0.124 e. The van der Waals surface area contributed by atoms with Crippen molar-refractivity contribution in [1.29, 1.82) is 0 Å². The second kappa shape index (κ2) is 9.15. The van der Waals surface area contributed by atoms with Crippen molar-refractivity contribution in [2.75, 3.05) is 13.2 Å². The van der Waals surface area contributed by atoms with Crippen LogP contribution in [0.2, 0.25) is 10.0 Å². The Kier molecular flexibility index (Phi) is 6.38. The molecule has 1 saturated heterocycles. The minimum atomic E-state index is 0.315. The maximum atomic E-state index is 6.18. The molecule has 1 heterocycles. The first-order valence-electron chi connectivity index (χ1n) is 9.60. The van der Waals surface area contributed by atoms with Crippen LogP contribution >= 0.6 is 23.2 Å². The van der Waals surface area contributed by atoms with E-state index >= 15 is 0 Å². The molecule has 1 fully saturated rings. The molecule has 0 amide bonds. The summed E-state index contributed by atoms with van der Waals surface area (Å²) in [5, 5.41) is 7.05. The van der Waals surface area contributed by atoms with Crippen molar-refractivity contribution in [2.45, 2.75) is 32.1 Å². The number of rotatable bonds is 7. The van der Waals surface area contributed by atoms with E-state index in [9.17, 15) is 0 Å². The average Bonchev–Trinajstić information content (AvgIpc) is 3.23. The summed E-state index contributed by atoms with van der Waals surface area (Å²) in [6, 6.07) is 18.1. The topological polar surface area (TPSA) is 30.5 Å². The first-order chi connectivity index (χ1) is 13.7. The summed E-state index contributed by atoms with van der Waals surface area (Å²) in [5.74, 6) is 0.879. The first-order valence-corrected chi connectivity index (χ1v) is 10.4. The molecule has 0 saturated carbocycles. The third kappa shape index (κ3) is 4.61. The number of fused-ring (bicyclic) bond motifs is 1. The zero-order chi connectivity index (χ0) is 19.3. The number of benzene rings is 3. The van der Waals surface area contributed by atoms with Gasteiger partial charge in [-0.3, -0.25) is 0 Å². The van der Waals surface area contributed by atoms with Gasteiger partial charge in [0.2, 0.25) is 0 Å². The van der Waals surface area contributed by atoms with Crippen molar-refractivity contribution in [3.8, 4) is 5.75 Å². The van der Waals surface area contributed by atoms with Gasteiger partial charge in [0.25, 0.3) is 0 Å². The Morgan fingerprint density at radius 2 is 1.93 bits per heavy atom. The van der Waals surface area contributed by atoms with Gasteiger partial charge < -0.3 is 14.8 Å². The summed E-state index contributed by atoms with van der Waals surface area (Å²) >= 11 is 12.1. The molecule has 3 aromatic carbocycles. The lowest BCUT2D eigenvalue weighted by atomic mass is 10.0. The molecule has 1 N–H and O–H groups in total. The summed E-state index contributed by atoms with van der Waals surface area (Å²) in [6.45, 7) is 2.90. The monoisotopic (exact) mass is 415 g/mol. The van der Waals surface area contributed by atoms with Gasteiger partial charge in [-0.1, -0.05) is 59.6 Å². The predicted molar refractivity (Wildman–Crippen MR) is 115 cm³/mol. The predicted octanol–water partition coefficient (Wildman–Crippen LogP) is 5.99. The molecule has 1 aliphatic heterocycles. The lowest BCUT2D eigenvalue weighted by molar-refractivity contribution is 0.110. The van der Waals surface area contributed by atoms with Gasteiger partial charge in [-0.05, 0) is 47.4 Å². The molecule has 0 aliphatic carbocycles. The number of nitrogens with one attached hydrogen (secondary N) is 1. The number of halogens is 2. The molecule has 5 heteroatoms. The summed E-state index contributed by atoms with van der Waals surface area (Å²) in [7, 11) is 0. The number of hydrogen-bond acceptors (Lipinski definition) is 3. The van der Waals surface area contributed by atoms with E-state index in [2.05, 4.69) is 35.6 Å². The molecule has 0 unspecified atom stereocenters. The van der Waals surface area contributed by atoms with Crippen molar-refractivity contribution in [1.82, 2.24) is 5.32 Å². The normalized spacial score (nSPS) is 16.6. The molecule has 28 heavy (non-hydrogen) atoms. The van der Waals surface area contributed by atoms with E-state index in [0.717, 1.165) is 49.4 Å². The standard InChI is InChI=1S/C23H23Cl2NO2/c24-21-9-7-16(12-22(21)25)15-28-23-10-8-17-4-1-2-6-19(17)20(23)14-26-13-18-5-3-11-27-18/h1-2,4,6-10,12,18,26H,3,5,11,13-15H2/t18-/m1/s1. The average molecular weight is 416 g/mol. The molecule has 0 radical (unpaired) electrons. The lowest BCUT2D eigenvalue weighted by Crippen LogP contribution is -2.26. The second-order valence-electron chi connectivity index (χ2n) is 7.07. The molecular weight excluding hydrogens is 393 g/mol. The van der Waals surface area contributed by atoms with E-state index in [4.69, 9.17) is 32.7 Å². The van der Waals surface area contributed by atoms with Crippen LogP contribution < -0.4 is 10.1 Å². The molecule has 0 bridgehead atoms. The fraction of sp³-hybridized carbons (Fsp3) is 0.304. The highest BCUT2D eigenvalue weighted by Crippen LogP contribution is 2.30. The van der Waals surface area contributed by atoms with Gasteiger partial charge in [-0.25, -0.2) is 0 Å². The quantitative estimate of drug-likeness (QED) is 0.513. The van der Waals surface area contributed by atoms with E-state index in [1.165, 1.54) is 10.8 Å². The van der Waals surface area contributed by atoms with Gasteiger partial charge >= 0.3 is 0 Å². The maximum absolute atomic E-state index is 6.18. The first kappa shape index (κ1) is 19.5. The molecule has 3 nitrogen and oxygen atoms in total. The van der Waals surface area contributed by atoms with E-state index in [1.54, 1.807) is 6.07 Å². The van der Waals surface area contributed by atoms with Crippen molar-refractivity contribution in [3.05, 3.63) is 75.8 Å². The van der Waals surface area contributed by atoms with Crippen molar-refractivity contribution in [2.24, 2.45) is 0 Å². The fourth-order valence-corrected chi connectivity index (χ4v) is 3.91. The molecular formula is C23H23Cl2NO2. The van der Waals surface area contributed by atoms with Gasteiger partial charge in [0.1, 0.15) is 12.4 Å². The van der Waals surface area contributed by atoms with Gasteiger partial charge in [0, 0.05) is 25.3 Å². The van der Waals surface area contributed by atoms with Crippen LogP contribution in [0, 0.1) is 0 Å². The van der Waals surface area contributed by atoms with Gasteiger partial charge in [0.15, 0.2) is 0 Å². The Bertz CT molecular complexity index is 954. The van der Waals surface area contributed by atoms with E-state index in [0.29, 0.717) is 22.8 Å². The lowest BCUT2D eigenvalue weighted by Gasteiger charge is -2.17. The highest BCUT2D eigenvalue weighted by atomic mass is 35.5. The third-order valence-electron chi connectivity index (χ3n) is 5.07. The second-order valence-corrected chi connectivity index (χ2v) is 7.88. The molecule has 146 valence electrons. The van der Waals surface area contributed by atoms with Crippen LogP contribution in [0.4, 0.5) is 0 Å². The summed E-state index contributed by atoms with van der Waals surface area (Å²) < 4.78 is 11.9. The minimum absolute atomic E-state index is 0.315. The van der Waals surface area contributed by atoms with Gasteiger partial charge in [-0.15, -0.1) is 0 Å². The van der Waals surface area contributed by atoms with Crippen molar-refractivity contribution < 1.29 is 9.47 Å².